The fourth-order valence-electron chi connectivity index (χ4n) is 4.73. The molecule has 3 aromatic carbocycles. The van der Waals surface area contributed by atoms with Gasteiger partial charge in [0.2, 0.25) is 9.84 Å². The van der Waals surface area contributed by atoms with Crippen LogP contribution < -0.4 is 4.90 Å². The van der Waals surface area contributed by atoms with Gasteiger partial charge in [0.1, 0.15) is 9.97 Å². The highest BCUT2D eigenvalue weighted by atomic mass is 32.2. The number of sulfone groups is 1. The van der Waals surface area contributed by atoms with Gasteiger partial charge in [-0.3, -0.25) is 24.6 Å². The molecular weight excluding hydrogens is 590 g/mol. The number of ketones is 1. The number of amides is 1. The standard InChI is InChI=1S/C31H27N3O7S2/c1-18-5-7-20(8-6-18)27(35)25-26(19-9-11-21(12-10-19)31(2,3)4)33(29(37)28(25)36)30-32-17-24(42-30)43(40,41)23-15-13-22(14-16-23)34(38)39/h5-17,26,35H,1-4H3/b27-25-. The molecule has 1 aliphatic rings. The molecule has 1 atom stereocenters. The summed E-state index contributed by atoms with van der Waals surface area (Å²) in [4.78, 5) is 42.5. The minimum atomic E-state index is -4.15. The van der Waals surface area contributed by atoms with Gasteiger partial charge in [-0.15, -0.1) is 0 Å². The highest BCUT2D eigenvalue weighted by Gasteiger charge is 2.48. The van der Waals surface area contributed by atoms with Crippen LogP contribution in [0.15, 0.2) is 93.7 Å². The summed E-state index contributed by atoms with van der Waals surface area (Å²) in [5.74, 6) is -2.26. The number of hydrogen-bond acceptors (Lipinski definition) is 9. The van der Waals surface area contributed by atoms with Gasteiger partial charge in [-0.1, -0.05) is 86.2 Å². The molecule has 1 saturated heterocycles. The maximum atomic E-state index is 13.5. The van der Waals surface area contributed by atoms with E-state index >= 15 is 0 Å². The number of aryl methyl sites for hydroxylation is 1. The van der Waals surface area contributed by atoms with Gasteiger partial charge in [-0.05, 0) is 35.6 Å². The van der Waals surface area contributed by atoms with Crippen LogP contribution in [0.4, 0.5) is 10.8 Å². The minimum absolute atomic E-state index is 0.0598. The van der Waals surface area contributed by atoms with Crippen molar-refractivity contribution < 1.29 is 28.0 Å². The van der Waals surface area contributed by atoms with E-state index in [1.54, 1.807) is 36.4 Å². The van der Waals surface area contributed by atoms with Crippen LogP contribution in [0.1, 0.15) is 49.1 Å². The molecule has 2 heterocycles. The molecule has 10 nitrogen and oxygen atoms in total. The van der Waals surface area contributed by atoms with Crippen molar-refractivity contribution in [3.05, 3.63) is 117 Å². The molecule has 1 amide bonds. The molecule has 1 N–H and O–H groups in total. The zero-order chi connectivity index (χ0) is 31.3. The van der Waals surface area contributed by atoms with Gasteiger partial charge in [0.15, 0.2) is 5.13 Å². The number of thiazole rings is 1. The maximum absolute atomic E-state index is 13.5. The number of aliphatic hydroxyl groups is 1. The van der Waals surface area contributed by atoms with E-state index in [0.29, 0.717) is 22.5 Å². The average molecular weight is 618 g/mol. The summed E-state index contributed by atoms with van der Waals surface area (Å²) in [6.45, 7) is 8.03. The van der Waals surface area contributed by atoms with Gasteiger partial charge in [-0.25, -0.2) is 13.4 Å². The molecule has 1 aromatic heterocycles. The van der Waals surface area contributed by atoms with Gasteiger partial charge >= 0.3 is 5.91 Å². The van der Waals surface area contributed by atoms with Gasteiger partial charge in [0.05, 0.1) is 27.6 Å². The molecular formula is C31H27N3O7S2. The number of nitrogens with zero attached hydrogens (tertiary/aromatic N) is 3. The highest BCUT2D eigenvalue weighted by Crippen LogP contribution is 2.44. The first-order valence-corrected chi connectivity index (χ1v) is 15.4. The summed E-state index contributed by atoms with van der Waals surface area (Å²) in [7, 11) is -4.15. The lowest BCUT2D eigenvalue weighted by atomic mass is 9.85. The maximum Gasteiger partial charge on any atom is 0.301 e. The summed E-state index contributed by atoms with van der Waals surface area (Å²) in [6.07, 6.45) is 1.08. The number of non-ortho nitro benzene ring substituents is 1. The zero-order valence-corrected chi connectivity index (χ0v) is 25.3. The molecule has 1 unspecified atom stereocenters. The van der Waals surface area contributed by atoms with E-state index < -0.39 is 32.5 Å². The number of aliphatic hydroxyl groups excluding tert-OH is 1. The molecule has 0 radical (unpaired) electrons. The predicted molar refractivity (Wildman–Crippen MR) is 162 cm³/mol. The Balaban J connectivity index is 1.63. The molecule has 4 aromatic rings. The second-order valence-corrected chi connectivity index (χ2v) is 14.3. The van der Waals surface area contributed by atoms with Gasteiger partial charge in [0.25, 0.3) is 11.5 Å². The summed E-state index contributed by atoms with van der Waals surface area (Å²) in [6, 6.07) is 17.5. The van der Waals surface area contributed by atoms with Crippen molar-refractivity contribution in [1.29, 1.82) is 0 Å². The molecule has 1 aliphatic heterocycles. The number of anilines is 1. The lowest BCUT2D eigenvalue weighted by Gasteiger charge is -2.24. The molecule has 220 valence electrons. The number of carbonyl (C=O) groups is 2. The van der Waals surface area contributed by atoms with E-state index in [-0.39, 0.29) is 36.7 Å². The van der Waals surface area contributed by atoms with Crippen molar-refractivity contribution >= 4 is 49.4 Å². The third kappa shape index (κ3) is 5.46. The smallest absolute Gasteiger partial charge is 0.301 e. The molecule has 0 aliphatic carbocycles. The third-order valence-corrected chi connectivity index (χ3v) is 10.4. The number of nitro groups is 1. The van der Waals surface area contributed by atoms with Crippen molar-refractivity contribution in [2.45, 2.75) is 48.3 Å². The van der Waals surface area contributed by atoms with E-state index in [1.807, 2.05) is 39.8 Å². The number of nitro benzene ring substituents is 1. The van der Waals surface area contributed by atoms with Crippen molar-refractivity contribution in [3.63, 3.8) is 0 Å². The first-order valence-electron chi connectivity index (χ1n) is 13.1. The Labute approximate surface area is 252 Å². The first-order chi connectivity index (χ1) is 20.2. The topological polar surface area (TPSA) is 148 Å². The SMILES string of the molecule is Cc1ccc(/C(O)=C2/C(=O)C(=O)N(c3ncc(S(=O)(=O)c4ccc([N+](=O)[O-])cc4)s3)C2c2ccc(C(C)(C)C)cc2)cc1. The predicted octanol–water partition coefficient (Wildman–Crippen LogP) is 6.12. The fourth-order valence-corrected chi connectivity index (χ4v) is 7.27. The zero-order valence-electron chi connectivity index (χ0n) is 23.6. The highest BCUT2D eigenvalue weighted by molar-refractivity contribution is 7.93. The number of hydrogen-bond donors (Lipinski definition) is 1. The lowest BCUT2D eigenvalue weighted by Crippen LogP contribution is -2.29. The van der Waals surface area contributed by atoms with Gasteiger partial charge in [0, 0.05) is 17.7 Å². The van der Waals surface area contributed by atoms with Crippen LogP contribution in [0.2, 0.25) is 0 Å². The molecule has 12 heteroatoms. The number of aromatic nitrogens is 1. The summed E-state index contributed by atoms with van der Waals surface area (Å²) in [5, 5.41) is 22.3. The molecule has 0 bridgehead atoms. The van der Waals surface area contributed by atoms with Crippen LogP contribution in [-0.2, 0) is 24.8 Å². The molecule has 43 heavy (non-hydrogen) atoms. The third-order valence-electron chi connectivity index (χ3n) is 7.16. The van der Waals surface area contributed by atoms with Crippen molar-refractivity contribution in [1.82, 2.24) is 4.98 Å². The fraction of sp³-hybridized carbons (Fsp3) is 0.194. The summed E-state index contributed by atoms with van der Waals surface area (Å²) < 4.78 is 26.5. The Morgan fingerprint density at radius 3 is 2.14 bits per heavy atom. The van der Waals surface area contributed by atoms with E-state index in [1.165, 1.54) is 0 Å². The van der Waals surface area contributed by atoms with Crippen LogP contribution in [0, 0.1) is 17.0 Å². The van der Waals surface area contributed by atoms with Crippen LogP contribution in [0.5, 0.6) is 0 Å². The van der Waals surface area contributed by atoms with E-state index in [4.69, 9.17) is 0 Å². The van der Waals surface area contributed by atoms with E-state index in [9.17, 15) is 33.2 Å². The molecule has 5 rings (SSSR count). The van der Waals surface area contributed by atoms with Crippen LogP contribution in [-0.4, -0.2) is 35.1 Å². The quantitative estimate of drug-likeness (QED) is 0.0895. The number of Topliss-reactive ketones (excluding diaryl/α,β-unsaturated/α-hetero) is 1. The van der Waals surface area contributed by atoms with E-state index in [0.717, 1.165) is 46.5 Å². The second-order valence-electron chi connectivity index (χ2n) is 11.1. The normalized spacial score (nSPS) is 16.9. The van der Waals surface area contributed by atoms with Crippen molar-refractivity contribution in [2.24, 2.45) is 0 Å². The Hall–Kier alpha value is -4.68. The number of carbonyl (C=O) groups excluding carboxylic acids is 2. The molecule has 0 spiro atoms. The second kappa shape index (κ2) is 10.9. The summed E-state index contributed by atoms with van der Waals surface area (Å²) >= 11 is 0.681. The Morgan fingerprint density at radius 1 is 0.977 bits per heavy atom. The van der Waals surface area contributed by atoms with Gasteiger partial charge < -0.3 is 5.11 Å². The molecule has 0 saturated carbocycles. The van der Waals surface area contributed by atoms with E-state index in [2.05, 4.69) is 4.98 Å². The monoisotopic (exact) mass is 617 g/mol. The van der Waals surface area contributed by atoms with Crippen molar-refractivity contribution in [3.8, 4) is 0 Å². The lowest BCUT2D eigenvalue weighted by molar-refractivity contribution is -0.384. The molecule has 1 fully saturated rings. The van der Waals surface area contributed by atoms with Crippen molar-refractivity contribution in [2.75, 3.05) is 4.90 Å². The number of rotatable bonds is 6. The van der Waals surface area contributed by atoms with Crippen LogP contribution in [0.3, 0.4) is 0 Å². The van der Waals surface area contributed by atoms with Gasteiger partial charge in [-0.2, -0.15) is 0 Å². The Bertz CT molecular complexity index is 1890. The Morgan fingerprint density at radius 2 is 1.58 bits per heavy atom. The minimum Gasteiger partial charge on any atom is -0.507 e. The Kier molecular flexibility index (Phi) is 7.53. The van der Waals surface area contributed by atoms with Crippen LogP contribution in [0.25, 0.3) is 5.76 Å². The number of benzene rings is 3. The largest absolute Gasteiger partial charge is 0.507 e. The average Bonchev–Trinajstić information content (AvgIpc) is 3.56. The van der Waals surface area contributed by atoms with Crippen LogP contribution >= 0.6 is 11.3 Å². The first kappa shape index (κ1) is 29.8. The summed E-state index contributed by atoms with van der Waals surface area (Å²) in [5.41, 5.74) is 2.24.